The van der Waals surface area contributed by atoms with Gasteiger partial charge in [-0.15, -0.1) is 0 Å². The third-order valence-corrected chi connectivity index (χ3v) is 8.57. The van der Waals surface area contributed by atoms with Crippen LogP contribution in [0.25, 0.3) is 33.6 Å². The minimum absolute atomic E-state index is 0.0582. The summed E-state index contributed by atoms with van der Waals surface area (Å²) in [5.41, 5.74) is -1.05. The van der Waals surface area contributed by atoms with E-state index in [2.05, 4.69) is 16.9 Å². The van der Waals surface area contributed by atoms with Gasteiger partial charge < -0.3 is 4.74 Å². The molecule has 5 rings (SSSR count). The van der Waals surface area contributed by atoms with Gasteiger partial charge in [-0.1, -0.05) is 69.5 Å². The van der Waals surface area contributed by atoms with Crippen molar-refractivity contribution in [2.24, 2.45) is 0 Å². The number of ether oxygens (including phenoxy) is 1. The monoisotopic (exact) mass is 718 g/mol. The summed E-state index contributed by atoms with van der Waals surface area (Å²) in [5, 5.41) is 0. The van der Waals surface area contributed by atoms with Gasteiger partial charge in [0, 0.05) is 23.5 Å². The van der Waals surface area contributed by atoms with Gasteiger partial charge in [0.1, 0.15) is 29.0 Å². The third kappa shape index (κ3) is 8.15. The molecule has 0 atom stereocenters. The zero-order valence-corrected chi connectivity index (χ0v) is 26.1. The van der Waals surface area contributed by atoms with E-state index in [0.717, 1.165) is 67.6 Å². The van der Waals surface area contributed by atoms with Crippen molar-refractivity contribution in [1.29, 1.82) is 0 Å². The number of aryl methyl sites for hydroxylation is 1. The lowest BCUT2D eigenvalue weighted by atomic mass is 9.99. The van der Waals surface area contributed by atoms with Gasteiger partial charge in [0.15, 0.2) is 10.7 Å². The van der Waals surface area contributed by atoms with Crippen molar-refractivity contribution in [1.82, 2.24) is 9.97 Å². The lowest BCUT2D eigenvalue weighted by Crippen LogP contribution is -2.23. The van der Waals surface area contributed by atoms with Crippen molar-refractivity contribution in [3.8, 4) is 39.4 Å². The molecule has 260 valence electrons. The zero-order chi connectivity index (χ0) is 35.8. The number of nitrogens with zero attached hydrogens (tertiary/aromatic N) is 2. The van der Waals surface area contributed by atoms with Crippen LogP contribution in [-0.2, 0) is 12.5 Å². The smallest absolute Gasteiger partial charge is 0.429 e. The number of halogens is 11. The Morgan fingerprint density at radius 3 is 1.73 bits per heavy atom. The minimum Gasteiger partial charge on any atom is -0.429 e. The maximum Gasteiger partial charge on any atom is 0.429 e. The molecule has 0 fully saturated rings. The van der Waals surface area contributed by atoms with Gasteiger partial charge in [-0.05, 0) is 77.6 Å². The van der Waals surface area contributed by atoms with Crippen LogP contribution in [0.1, 0.15) is 37.3 Å². The molecule has 4 aromatic carbocycles. The number of hydrogen-bond acceptors (Lipinski definition) is 3. The standard InChI is InChI=1S/C34H25F11N2OS/c1-2-3-4-5-20-18-46-33(47-19-20)23-9-13-27(29(36)15-23)34(39,40)48-25-10-6-21(7-11-25)22-8-12-26(28(35)14-22)24-16-30(37)32(31(38)17-24)49(41,42,43,44)45/h6-19H,2-5H2,1H3. The van der Waals surface area contributed by atoms with Crippen molar-refractivity contribution < 1.29 is 50.5 Å². The highest BCUT2D eigenvalue weighted by Gasteiger charge is 2.69. The second kappa shape index (κ2) is 12.3. The number of hydrogen-bond donors (Lipinski definition) is 0. The van der Waals surface area contributed by atoms with E-state index < -0.39 is 66.9 Å². The molecule has 0 aliphatic heterocycles. The molecule has 49 heavy (non-hydrogen) atoms. The predicted molar refractivity (Wildman–Crippen MR) is 164 cm³/mol. The summed E-state index contributed by atoms with van der Waals surface area (Å²) in [6.07, 6.45) is 2.91. The van der Waals surface area contributed by atoms with Gasteiger partial charge in [0.05, 0.1) is 5.56 Å². The van der Waals surface area contributed by atoms with Crippen LogP contribution in [0.5, 0.6) is 5.75 Å². The van der Waals surface area contributed by atoms with Gasteiger partial charge >= 0.3 is 16.3 Å². The highest BCUT2D eigenvalue weighted by Crippen LogP contribution is 3.02. The predicted octanol–water partition coefficient (Wildman–Crippen LogP) is 12.6. The summed E-state index contributed by atoms with van der Waals surface area (Å²) in [4.78, 5) is 5.07. The molecule has 1 aromatic heterocycles. The molecule has 0 spiro atoms. The van der Waals surface area contributed by atoms with E-state index in [1.54, 1.807) is 12.4 Å². The molecule has 0 saturated carbocycles. The van der Waals surface area contributed by atoms with E-state index in [9.17, 15) is 37.0 Å². The molecule has 1 heterocycles. The lowest BCUT2D eigenvalue weighted by molar-refractivity contribution is -0.187. The average Bonchev–Trinajstić information content (AvgIpc) is 2.99. The average molecular weight is 719 g/mol. The van der Waals surface area contributed by atoms with Gasteiger partial charge in [-0.2, -0.15) is 8.78 Å². The Morgan fingerprint density at radius 2 is 1.18 bits per heavy atom. The first-order chi connectivity index (χ1) is 22.8. The van der Waals surface area contributed by atoms with Crippen LogP contribution in [0.4, 0.5) is 45.8 Å². The minimum atomic E-state index is -10.7. The Hall–Kier alpha value is -4.66. The first-order valence-electron chi connectivity index (χ1n) is 14.6. The quantitative estimate of drug-likeness (QED) is 0.101. The molecule has 0 unspecified atom stereocenters. The second-order valence-electron chi connectivity index (χ2n) is 11.1. The van der Waals surface area contributed by atoms with Crippen LogP contribution in [-0.4, -0.2) is 9.97 Å². The van der Waals surface area contributed by atoms with Crippen molar-refractivity contribution in [3.63, 3.8) is 0 Å². The lowest BCUT2D eigenvalue weighted by Gasteiger charge is -2.40. The van der Waals surface area contributed by atoms with Crippen molar-refractivity contribution in [3.05, 3.63) is 120 Å². The van der Waals surface area contributed by atoms with Gasteiger partial charge in [-0.3, -0.25) is 0 Å². The van der Waals surface area contributed by atoms with Crippen molar-refractivity contribution in [2.45, 2.75) is 43.6 Å². The highest BCUT2D eigenvalue weighted by molar-refractivity contribution is 8.45. The normalized spacial score (nSPS) is 13.6. The topological polar surface area (TPSA) is 35.0 Å². The van der Waals surface area contributed by atoms with Crippen LogP contribution >= 0.6 is 10.2 Å². The number of aromatic nitrogens is 2. The van der Waals surface area contributed by atoms with E-state index in [0.29, 0.717) is 0 Å². The molecule has 0 aliphatic rings. The maximum absolute atomic E-state index is 15.0. The molecule has 3 nitrogen and oxygen atoms in total. The summed E-state index contributed by atoms with van der Waals surface area (Å²) in [7, 11) is -10.7. The summed E-state index contributed by atoms with van der Waals surface area (Å²) >= 11 is 0. The first-order valence-corrected chi connectivity index (χ1v) is 16.5. The number of unbranched alkanes of at least 4 members (excludes halogenated alkanes) is 2. The highest BCUT2D eigenvalue weighted by atomic mass is 32.5. The molecular weight excluding hydrogens is 693 g/mol. The molecule has 0 radical (unpaired) electrons. The fourth-order valence-corrected chi connectivity index (χ4v) is 5.89. The maximum atomic E-state index is 15.0. The van der Waals surface area contributed by atoms with E-state index in [1.165, 1.54) is 24.3 Å². The van der Waals surface area contributed by atoms with E-state index in [1.807, 2.05) is 0 Å². The number of alkyl halides is 2. The molecule has 15 heteroatoms. The summed E-state index contributed by atoms with van der Waals surface area (Å²) in [6, 6.07) is 10.4. The van der Waals surface area contributed by atoms with Crippen LogP contribution in [0.3, 0.4) is 0 Å². The van der Waals surface area contributed by atoms with Crippen LogP contribution in [0.2, 0.25) is 0 Å². The molecule has 5 aromatic rings. The van der Waals surface area contributed by atoms with Gasteiger partial charge in [-0.25, -0.2) is 27.5 Å². The second-order valence-corrected chi connectivity index (χ2v) is 13.5. The molecule has 0 bridgehead atoms. The van der Waals surface area contributed by atoms with E-state index >= 15 is 8.78 Å². The molecule has 0 saturated heterocycles. The van der Waals surface area contributed by atoms with E-state index in [-0.39, 0.29) is 34.6 Å². The summed E-state index contributed by atoms with van der Waals surface area (Å²) < 4.78 is 158. The van der Waals surface area contributed by atoms with Gasteiger partial charge in [0.25, 0.3) is 0 Å². The summed E-state index contributed by atoms with van der Waals surface area (Å²) in [5.74, 6) is -7.93. The SMILES string of the molecule is CCCCCc1cnc(-c2ccc(C(F)(F)Oc3ccc(-c4ccc(-c5cc(F)c(S(F)(F)(F)(F)F)c(F)c5)c(F)c4)cc3)c(F)c2)nc1. The fourth-order valence-electron chi connectivity index (χ4n) is 5.03. The molecule has 0 N–H and O–H groups in total. The Morgan fingerprint density at radius 1 is 0.633 bits per heavy atom. The Labute approximate surface area is 273 Å². The Bertz CT molecular complexity index is 1980. The van der Waals surface area contributed by atoms with Crippen LogP contribution < -0.4 is 4.74 Å². The van der Waals surface area contributed by atoms with Crippen molar-refractivity contribution in [2.75, 3.05) is 0 Å². The third-order valence-electron chi connectivity index (χ3n) is 7.41. The molecule has 0 amide bonds. The zero-order valence-electron chi connectivity index (χ0n) is 25.3. The van der Waals surface area contributed by atoms with Crippen LogP contribution in [0, 0.1) is 23.3 Å². The first kappa shape index (κ1) is 35.6. The van der Waals surface area contributed by atoms with Gasteiger partial charge in [0.2, 0.25) is 0 Å². The van der Waals surface area contributed by atoms with Crippen molar-refractivity contribution >= 4 is 10.2 Å². The molecular formula is C34H25F11N2OS. The Kier molecular flexibility index (Phi) is 8.98. The summed E-state index contributed by atoms with van der Waals surface area (Å²) in [6.45, 7) is 2.07. The van der Waals surface area contributed by atoms with E-state index in [4.69, 9.17) is 4.74 Å². The van der Waals surface area contributed by atoms with Crippen LogP contribution in [0.15, 0.2) is 90.1 Å². The fraction of sp³-hybridized carbons (Fsp3) is 0.176. The number of rotatable bonds is 11. The largest absolute Gasteiger partial charge is 0.429 e. The number of benzene rings is 4. The molecule has 0 aliphatic carbocycles. The Balaban J connectivity index is 1.30.